The second-order valence-corrected chi connectivity index (χ2v) is 4.63. The van der Waals surface area contributed by atoms with Crippen LogP contribution in [0.4, 0.5) is 0 Å². The van der Waals surface area contributed by atoms with Crippen molar-refractivity contribution in [3.63, 3.8) is 0 Å². The summed E-state index contributed by atoms with van der Waals surface area (Å²) in [6, 6.07) is 15.5. The van der Waals surface area contributed by atoms with E-state index in [1.807, 2.05) is 0 Å². The van der Waals surface area contributed by atoms with Crippen LogP contribution in [-0.2, 0) is 6.42 Å². The Hall–Kier alpha value is -2.08. The molecule has 0 atom stereocenters. The summed E-state index contributed by atoms with van der Waals surface area (Å²) in [5.74, 6) is 0. The van der Waals surface area contributed by atoms with E-state index in [2.05, 4.69) is 60.7 Å². The molecule has 0 saturated carbocycles. The van der Waals surface area contributed by atoms with Crippen LogP contribution in [0.3, 0.4) is 0 Å². The van der Waals surface area contributed by atoms with Gasteiger partial charge in [0, 0.05) is 0 Å². The standard InChI is InChI=1S/C17H12/c1-2-5-13-9-11-15-7-3-6-14-10-8-12(4-1)16(13)17(14)15/h1-4,6-11H,5H2. The summed E-state index contributed by atoms with van der Waals surface area (Å²) in [7, 11) is 0. The molecule has 0 N–H and O–H groups in total. The normalized spacial score (nSPS) is 13.9. The average molecular weight is 216 g/mol. The average Bonchev–Trinajstić information content (AvgIpc) is 2.59. The van der Waals surface area contributed by atoms with Crippen molar-refractivity contribution in [1.29, 1.82) is 0 Å². The maximum Gasteiger partial charge on any atom is -0.00300 e. The molecule has 0 aliphatic heterocycles. The van der Waals surface area contributed by atoms with Gasteiger partial charge in [-0.1, -0.05) is 60.7 Å². The molecule has 0 radical (unpaired) electrons. The second-order valence-electron chi connectivity index (χ2n) is 4.63. The summed E-state index contributed by atoms with van der Waals surface area (Å²) in [5.41, 5.74) is 1.44. The van der Waals surface area contributed by atoms with Crippen molar-refractivity contribution < 1.29 is 0 Å². The number of hydrogen-bond donors (Lipinski definition) is 0. The first-order valence-electron chi connectivity index (χ1n) is 6.03. The van der Waals surface area contributed by atoms with Gasteiger partial charge in [0.05, 0.1) is 0 Å². The molecule has 0 amide bonds. The number of benzene rings is 3. The minimum atomic E-state index is 1.04. The fourth-order valence-electron chi connectivity index (χ4n) is 2.86. The van der Waals surface area contributed by atoms with E-state index in [-0.39, 0.29) is 0 Å². The van der Waals surface area contributed by atoms with E-state index in [9.17, 15) is 0 Å². The summed E-state index contributed by atoms with van der Waals surface area (Å²) in [6.45, 7) is 0. The van der Waals surface area contributed by atoms with E-state index >= 15 is 0 Å². The quantitative estimate of drug-likeness (QED) is 0.538. The molecule has 0 unspecified atom stereocenters. The molecule has 0 heterocycles. The first kappa shape index (κ1) is 9.00. The van der Waals surface area contributed by atoms with Crippen molar-refractivity contribution in [2.45, 2.75) is 6.42 Å². The van der Waals surface area contributed by atoms with Crippen molar-refractivity contribution in [3.8, 4) is 0 Å². The summed E-state index contributed by atoms with van der Waals surface area (Å²) < 4.78 is 0. The predicted octanol–water partition coefficient (Wildman–Crippen LogP) is 3.60. The number of rotatable bonds is 0. The van der Waals surface area contributed by atoms with Gasteiger partial charge in [0.1, 0.15) is 0 Å². The van der Waals surface area contributed by atoms with Crippen molar-refractivity contribution in [2.75, 3.05) is 0 Å². The molecule has 1 aliphatic carbocycles. The molecule has 17 heavy (non-hydrogen) atoms. The van der Waals surface area contributed by atoms with Crippen LogP contribution in [0.5, 0.6) is 0 Å². The third-order valence-corrected chi connectivity index (χ3v) is 3.64. The maximum absolute atomic E-state index is 2.27. The number of allylic oxidation sites excluding steroid dienone is 2. The van der Waals surface area contributed by atoms with Gasteiger partial charge in [0.25, 0.3) is 0 Å². The molecule has 0 saturated heterocycles. The smallest absolute Gasteiger partial charge is 0.00300 e. The lowest BCUT2D eigenvalue weighted by Crippen LogP contribution is -2.03. The molecule has 0 nitrogen and oxygen atoms in total. The summed E-state index contributed by atoms with van der Waals surface area (Å²) in [5, 5.41) is 6.89. The van der Waals surface area contributed by atoms with Gasteiger partial charge in [0.15, 0.2) is 0 Å². The van der Waals surface area contributed by atoms with Crippen molar-refractivity contribution in [2.24, 2.45) is 0 Å². The third-order valence-electron chi connectivity index (χ3n) is 3.64. The molecule has 0 aromatic heterocycles. The summed E-state index contributed by atoms with van der Waals surface area (Å²) in [6.07, 6.45) is 7.66. The lowest BCUT2D eigenvalue weighted by molar-refractivity contribution is 1.31. The van der Waals surface area contributed by atoms with Gasteiger partial charge in [-0.2, -0.15) is 0 Å². The summed E-state index contributed by atoms with van der Waals surface area (Å²) >= 11 is 0. The molecule has 1 aliphatic rings. The molecule has 0 heteroatoms. The highest BCUT2D eigenvalue weighted by Gasteiger charge is 2.07. The first-order valence-corrected chi connectivity index (χ1v) is 6.03. The van der Waals surface area contributed by atoms with Crippen LogP contribution in [-0.4, -0.2) is 0 Å². The topological polar surface area (TPSA) is 0 Å². The molecule has 80 valence electrons. The van der Waals surface area contributed by atoms with E-state index < -0.39 is 0 Å². The van der Waals surface area contributed by atoms with Gasteiger partial charge in [0.2, 0.25) is 0 Å². The molecular formula is C17H12. The van der Waals surface area contributed by atoms with Crippen LogP contribution >= 0.6 is 0 Å². The zero-order valence-electron chi connectivity index (χ0n) is 9.48. The first-order chi connectivity index (χ1) is 8.43. The Kier molecular flexibility index (Phi) is 1.70. The Morgan fingerprint density at radius 1 is 0.765 bits per heavy atom. The SMILES string of the molecule is C1=CCc2ccc3cccc4ccc(c2c34)=C1. The van der Waals surface area contributed by atoms with Gasteiger partial charge in [-0.05, 0) is 38.7 Å². The Balaban J connectivity index is 2.40. The van der Waals surface area contributed by atoms with E-state index in [1.165, 1.54) is 32.3 Å². The van der Waals surface area contributed by atoms with Crippen molar-refractivity contribution >= 4 is 27.6 Å². The molecule has 4 rings (SSSR count). The fourth-order valence-corrected chi connectivity index (χ4v) is 2.86. The largest absolute Gasteiger partial charge is 0.0801 e. The van der Waals surface area contributed by atoms with Gasteiger partial charge in [-0.25, -0.2) is 0 Å². The Morgan fingerprint density at radius 3 is 2.47 bits per heavy atom. The van der Waals surface area contributed by atoms with Crippen molar-refractivity contribution in [1.82, 2.24) is 0 Å². The Labute approximate surface area is 99.9 Å². The maximum atomic E-state index is 2.27. The lowest BCUT2D eigenvalue weighted by atomic mass is 9.95. The predicted molar refractivity (Wildman–Crippen MR) is 74.0 cm³/mol. The van der Waals surface area contributed by atoms with Crippen molar-refractivity contribution in [3.05, 3.63) is 65.4 Å². The molecule has 3 aromatic rings. The minimum Gasteiger partial charge on any atom is -0.0801 e. The molecule has 0 fully saturated rings. The van der Waals surface area contributed by atoms with Crippen LogP contribution < -0.4 is 5.22 Å². The minimum absolute atomic E-state index is 1.04. The van der Waals surface area contributed by atoms with Crippen LogP contribution in [0.15, 0.2) is 54.6 Å². The van der Waals surface area contributed by atoms with E-state index in [1.54, 1.807) is 0 Å². The molecular weight excluding hydrogens is 204 g/mol. The van der Waals surface area contributed by atoms with E-state index in [0.717, 1.165) is 6.42 Å². The molecule has 0 spiro atoms. The van der Waals surface area contributed by atoms with Gasteiger partial charge in [-0.3, -0.25) is 0 Å². The van der Waals surface area contributed by atoms with Crippen LogP contribution in [0.2, 0.25) is 0 Å². The Morgan fingerprint density at radius 2 is 1.59 bits per heavy atom. The second kappa shape index (κ2) is 3.21. The highest BCUT2D eigenvalue weighted by atomic mass is 14.1. The van der Waals surface area contributed by atoms with Crippen LogP contribution in [0.1, 0.15) is 5.56 Å². The molecule has 3 aromatic carbocycles. The molecule has 0 bridgehead atoms. The van der Waals surface area contributed by atoms with Gasteiger partial charge >= 0.3 is 0 Å². The van der Waals surface area contributed by atoms with E-state index in [4.69, 9.17) is 0 Å². The van der Waals surface area contributed by atoms with Crippen LogP contribution in [0, 0.1) is 0 Å². The Bertz CT molecular complexity index is 791. The summed E-state index contributed by atoms with van der Waals surface area (Å²) in [4.78, 5) is 0. The lowest BCUT2D eigenvalue weighted by Gasteiger charge is -2.09. The van der Waals surface area contributed by atoms with Gasteiger partial charge < -0.3 is 0 Å². The van der Waals surface area contributed by atoms with Crippen LogP contribution in [0.25, 0.3) is 27.6 Å². The zero-order chi connectivity index (χ0) is 11.2. The van der Waals surface area contributed by atoms with Gasteiger partial charge in [-0.15, -0.1) is 0 Å². The highest BCUT2D eigenvalue weighted by molar-refractivity contribution is 6.11. The third kappa shape index (κ3) is 1.18. The fraction of sp³-hybridized carbons (Fsp3) is 0.0588. The highest BCUT2D eigenvalue weighted by Crippen LogP contribution is 2.27. The van der Waals surface area contributed by atoms with E-state index in [0.29, 0.717) is 0 Å². The zero-order valence-corrected chi connectivity index (χ0v) is 9.48. The number of hydrogen-bond acceptors (Lipinski definition) is 0. The monoisotopic (exact) mass is 216 g/mol.